The number of aliphatic hydroxyl groups is 1. The van der Waals surface area contributed by atoms with E-state index < -0.39 is 6.10 Å². The first kappa shape index (κ1) is 18.1. The number of rotatable bonds is 6. The summed E-state index contributed by atoms with van der Waals surface area (Å²) < 4.78 is 0. The zero-order chi connectivity index (χ0) is 17.5. The standard InChI is InChI=1S/C19H30N4O2/c24-16(15-22-10-3-1-2-4-11-22)14-21-18-17(8-7-9-20-18)19(25)23-12-5-6-13-23/h7-9,16,24H,1-6,10-15H2,(H,20,21). The summed E-state index contributed by atoms with van der Waals surface area (Å²) in [6, 6.07) is 3.61. The van der Waals surface area contributed by atoms with Crippen LogP contribution < -0.4 is 5.32 Å². The van der Waals surface area contributed by atoms with Crippen molar-refractivity contribution in [2.75, 3.05) is 44.6 Å². The average molecular weight is 346 g/mol. The van der Waals surface area contributed by atoms with Gasteiger partial charge in [0.05, 0.1) is 11.7 Å². The largest absolute Gasteiger partial charge is 0.390 e. The van der Waals surface area contributed by atoms with Crippen LogP contribution >= 0.6 is 0 Å². The van der Waals surface area contributed by atoms with E-state index in [9.17, 15) is 9.90 Å². The zero-order valence-corrected chi connectivity index (χ0v) is 15.0. The van der Waals surface area contributed by atoms with Crippen LogP contribution in [0.15, 0.2) is 18.3 Å². The first-order valence-electron chi connectivity index (χ1n) is 9.62. The number of hydrogen-bond acceptors (Lipinski definition) is 5. The third-order valence-corrected chi connectivity index (χ3v) is 5.10. The minimum Gasteiger partial charge on any atom is -0.390 e. The molecule has 2 fully saturated rings. The summed E-state index contributed by atoms with van der Waals surface area (Å²) in [4.78, 5) is 21.2. The van der Waals surface area contributed by atoms with Crippen molar-refractivity contribution in [3.8, 4) is 0 Å². The van der Waals surface area contributed by atoms with Gasteiger partial charge in [0.15, 0.2) is 0 Å². The Bertz CT molecular complexity index is 552. The average Bonchev–Trinajstić information content (AvgIpc) is 3.05. The van der Waals surface area contributed by atoms with E-state index in [0.29, 0.717) is 24.5 Å². The molecular formula is C19H30N4O2. The highest BCUT2D eigenvalue weighted by atomic mass is 16.3. The molecule has 1 aromatic rings. The van der Waals surface area contributed by atoms with E-state index in [1.807, 2.05) is 11.0 Å². The second-order valence-electron chi connectivity index (χ2n) is 7.15. The molecule has 0 aliphatic carbocycles. The summed E-state index contributed by atoms with van der Waals surface area (Å²) in [5, 5.41) is 13.6. The van der Waals surface area contributed by atoms with E-state index in [0.717, 1.165) is 39.0 Å². The highest BCUT2D eigenvalue weighted by Crippen LogP contribution is 2.18. The molecule has 25 heavy (non-hydrogen) atoms. The highest BCUT2D eigenvalue weighted by molar-refractivity contribution is 5.98. The summed E-state index contributed by atoms with van der Waals surface area (Å²) in [6.07, 6.45) is 8.39. The van der Waals surface area contributed by atoms with Gasteiger partial charge in [-0.2, -0.15) is 0 Å². The van der Waals surface area contributed by atoms with Gasteiger partial charge in [-0.25, -0.2) is 4.98 Å². The van der Waals surface area contributed by atoms with Gasteiger partial charge in [0, 0.05) is 32.4 Å². The van der Waals surface area contributed by atoms with E-state index in [2.05, 4.69) is 15.2 Å². The topological polar surface area (TPSA) is 68.7 Å². The minimum absolute atomic E-state index is 0.0371. The molecule has 3 heterocycles. The van der Waals surface area contributed by atoms with Crippen molar-refractivity contribution in [3.05, 3.63) is 23.9 Å². The number of aliphatic hydroxyl groups excluding tert-OH is 1. The molecule has 1 aromatic heterocycles. The fraction of sp³-hybridized carbons (Fsp3) is 0.684. The van der Waals surface area contributed by atoms with E-state index in [4.69, 9.17) is 0 Å². The van der Waals surface area contributed by atoms with Crippen LogP contribution in [0.1, 0.15) is 48.9 Å². The van der Waals surface area contributed by atoms with Crippen LogP contribution in [0.25, 0.3) is 0 Å². The van der Waals surface area contributed by atoms with Crippen LogP contribution in [0.4, 0.5) is 5.82 Å². The van der Waals surface area contributed by atoms with Crippen molar-refractivity contribution < 1.29 is 9.90 Å². The van der Waals surface area contributed by atoms with Crippen LogP contribution in [-0.4, -0.2) is 71.2 Å². The van der Waals surface area contributed by atoms with Gasteiger partial charge in [-0.15, -0.1) is 0 Å². The summed E-state index contributed by atoms with van der Waals surface area (Å²) in [5.74, 6) is 0.615. The number of carbonyl (C=O) groups excluding carboxylic acids is 1. The summed E-state index contributed by atoms with van der Waals surface area (Å²) in [7, 11) is 0. The van der Waals surface area contributed by atoms with Crippen LogP contribution in [0.5, 0.6) is 0 Å². The van der Waals surface area contributed by atoms with Gasteiger partial charge < -0.3 is 20.2 Å². The highest BCUT2D eigenvalue weighted by Gasteiger charge is 2.22. The molecule has 2 aliphatic rings. The monoisotopic (exact) mass is 346 g/mol. The van der Waals surface area contributed by atoms with E-state index in [1.165, 1.54) is 25.7 Å². The molecule has 0 aromatic carbocycles. The Morgan fingerprint density at radius 1 is 1.12 bits per heavy atom. The number of aromatic nitrogens is 1. The molecule has 138 valence electrons. The van der Waals surface area contributed by atoms with Crippen LogP contribution in [-0.2, 0) is 0 Å². The quantitative estimate of drug-likeness (QED) is 0.824. The fourth-order valence-corrected chi connectivity index (χ4v) is 3.71. The lowest BCUT2D eigenvalue weighted by atomic mass is 10.2. The maximum absolute atomic E-state index is 12.6. The van der Waals surface area contributed by atoms with Gasteiger partial charge in [-0.05, 0) is 50.9 Å². The number of carbonyl (C=O) groups is 1. The zero-order valence-electron chi connectivity index (χ0n) is 15.0. The van der Waals surface area contributed by atoms with E-state index in [-0.39, 0.29) is 5.91 Å². The van der Waals surface area contributed by atoms with E-state index in [1.54, 1.807) is 12.3 Å². The molecule has 0 saturated carbocycles. The fourth-order valence-electron chi connectivity index (χ4n) is 3.71. The molecule has 6 nitrogen and oxygen atoms in total. The Morgan fingerprint density at radius 2 is 1.80 bits per heavy atom. The van der Waals surface area contributed by atoms with Gasteiger partial charge in [-0.1, -0.05) is 12.8 Å². The third kappa shape index (κ3) is 5.16. The van der Waals surface area contributed by atoms with E-state index >= 15 is 0 Å². The molecular weight excluding hydrogens is 316 g/mol. The third-order valence-electron chi connectivity index (χ3n) is 5.10. The minimum atomic E-state index is -0.463. The van der Waals surface area contributed by atoms with Crippen LogP contribution in [0.2, 0.25) is 0 Å². The van der Waals surface area contributed by atoms with Crippen molar-refractivity contribution in [1.82, 2.24) is 14.8 Å². The second kappa shape index (κ2) is 9.15. The Kier molecular flexibility index (Phi) is 6.64. The van der Waals surface area contributed by atoms with Crippen molar-refractivity contribution in [3.63, 3.8) is 0 Å². The molecule has 3 rings (SSSR count). The molecule has 1 unspecified atom stereocenters. The normalized spacial score (nSPS) is 20.3. The molecule has 0 bridgehead atoms. The lowest BCUT2D eigenvalue weighted by Crippen LogP contribution is -2.37. The Morgan fingerprint density at radius 3 is 2.52 bits per heavy atom. The summed E-state index contributed by atoms with van der Waals surface area (Å²) in [6.45, 7) is 4.87. The lowest BCUT2D eigenvalue weighted by Gasteiger charge is -2.24. The molecule has 0 radical (unpaired) electrons. The molecule has 2 N–H and O–H groups in total. The molecule has 1 atom stereocenters. The number of amides is 1. The van der Waals surface area contributed by atoms with Crippen molar-refractivity contribution >= 4 is 11.7 Å². The second-order valence-corrected chi connectivity index (χ2v) is 7.15. The maximum atomic E-state index is 12.6. The van der Waals surface area contributed by atoms with Crippen molar-refractivity contribution in [2.24, 2.45) is 0 Å². The first-order chi connectivity index (χ1) is 12.2. The number of hydrogen-bond donors (Lipinski definition) is 2. The van der Waals surface area contributed by atoms with Crippen molar-refractivity contribution in [1.29, 1.82) is 0 Å². The first-order valence-corrected chi connectivity index (χ1v) is 9.62. The Hall–Kier alpha value is -1.66. The molecule has 0 spiro atoms. The molecule has 1 amide bonds. The lowest BCUT2D eigenvalue weighted by molar-refractivity contribution is 0.0793. The van der Waals surface area contributed by atoms with Crippen LogP contribution in [0, 0.1) is 0 Å². The Balaban J connectivity index is 1.54. The summed E-state index contributed by atoms with van der Waals surface area (Å²) >= 11 is 0. The number of nitrogens with zero attached hydrogens (tertiary/aromatic N) is 3. The predicted molar refractivity (Wildman–Crippen MR) is 98.8 cm³/mol. The van der Waals surface area contributed by atoms with Crippen LogP contribution in [0.3, 0.4) is 0 Å². The maximum Gasteiger partial charge on any atom is 0.257 e. The number of nitrogens with one attached hydrogen (secondary N) is 1. The predicted octanol–water partition coefficient (Wildman–Crippen LogP) is 1.97. The van der Waals surface area contributed by atoms with Gasteiger partial charge >= 0.3 is 0 Å². The number of likely N-dealkylation sites (tertiary alicyclic amines) is 2. The Labute approximate surface area is 150 Å². The number of β-amino-alcohol motifs (C(OH)–C–C–N with tert-alkyl or cyclic N) is 1. The molecule has 2 saturated heterocycles. The smallest absolute Gasteiger partial charge is 0.257 e. The van der Waals surface area contributed by atoms with Gasteiger partial charge in [0.25, 0.3) is 5.91 Å². The van der Waals surface area contributed by atoms with Gasteiger partial charge in [0.2, 0.25) is 0 Å². The molecule has 6 heteroatoms. The van der Waals surface area contributed by atoms with Gasteiger partial charge in [-0.3, -0.25) is 4.79 Å². The number of anilines is 1. The van der Waals surface area contributed by atoms with Gasteiger partial charge in [0.1, 0.15) is 5.82 Å². The van der Waals surface area contributed by atoms with Crippen molar-refractivity contribution in [2.45, 2.75) is 44.6 Å². The summed E-state index contributed by atoms with van der Waals surface area (Å²) in [5.41, 5.74) is 0.603. The SMILES string of the molecule is O=C(c1cccnc1NCC(O)CN1CCCCCC1)N1CCCC1. The number of pyridine rings is 1. The molecule has 2 aliphatic heterocycles.